The molecule has 0 fully saturated rings. The first-order chi connectivity index (χ1) is 10.8. The van der Waals surface area contributed by atoms with E-state index in [0.29, 0.717) is 12.0 Å². The Morgan fingerprint density at radius 3 is 1.92 bits per heavy atom. The van der Waals surface area contributed by atoms with Crippen LogP contribution in [0.1, 0.15) is 54.9 Å². The molecule has 0 saturated heterocycles. The number of carbonyl (C=O) groups excluding carboxylic acids is 1. The molecule has 0 aliphatic heterocycles. The second-order valence-corrected chi connectivity index (χ2v) is 6.70. The smallest absolute Gasteiger partial charge is 0.331 e. The van der Waals surface area contributed by atoms with Gasteiger partial charge >= 0.3 is 11.9 Å². The van der Waals surface area contributed by atoms with Crippen LogP contribution in [0.2, 0.25) is 0 Å². The van der Waals surface area contributed by atoms with E-state index in [1.165, 1.54) is 6.08 Å². The Balaban J connectivity index is 0. The van der Waals surface area contributed by atoms with Crippen molar-refractivity contribution in [1.82, 2.24) is 0 Å². The highest BCUT2D eigenvalue weighted by molar-refractivity contribution is 5.83. The fraction of sp³-hybridized carbons (Fsp3) is 0.500. The SMILES string of the molecule is C=C(C)C(CC=C(C)C)C(=O)O.C=CC(C)(C)OC(=O)C=C(C)C. The Hall–Kier alpha value is -2.10. The van der Waals surface area contributed by atoms with Crippen LogP contribution in [0.3, 0.4) is 0 Å². The summed E-state index contributed by atoms with van der Waals surface area (Å²) in [7, 11) is 0. The van der Waals surface area contributed by atoms with E-state index in [4.69, 9.17) is 9.84 Å². The fourth-order valence-electron chi connectivity index (χ4n) is 1.43. The highest BCUT2D eigenvalue weighted by Gasteiger charge is 2.17. The van der Waals surface area contributed by atoms with Gasteiger partial charge in [0, 0.05) is 6.08 Å². The average molecular weight is 336 g/mol. The van der Waals surface area contributed by atoms with E-state index < -0.39 is 17.5 Å². The summed E-state index contributed by atoms with van der Waals surface area (Å²) in [4.78, 5) is 21.7. The van der Waals surface area contributed by atoms with E-state index in [1.54, 1.807) is 26.8 Å². The van der Waals surface area contributed by atoms with Crippen molar-refractivity contribution in [3.63, 3.8) is 0 Å². The molecule has 136 valence electrons. The minimum absolute atomic E-state index is 0.320. The standard InChI is InChI=1S/2C10H16O2/c1-7(2)5-6-9(8(3)4)10(11)12;1-6-10(4,5)12-9(11)7-8(2)3/h5,9H,3,6H2,1-2,4H3,(H,11,12);6-7H,1H2,2-5H3. The number of carboxylic acids is 1. The van der Waals surface area contributed by atoms with Gasteiger partial charge in [-0.25, -0.2) is 4.79 Å². The molecule has 0 heterocycles. The van der Waals surface area contributed by atoms with Crippen LogP contribution in [-0.4, -0.2) is 22.6 Å². The molecular formula is C20H32O4. The molecule has 1 atom stereocenters. The molecule has 4 nitrogen and oxygen atoms in total. The second-order valence-electron chi connectivity index (χ2n) is 6.70. The number of carbonyl (C=O) groups is 2. The number of rotatable bonds is 7. The van der Waals surface area contributed by atoms with Crippen molar-refractivity contribution in [3.8, 4) is 0 Å². The summed E-state index contributed by atoms with van der Waals surface area (Å²) in [5, 5.41) is 8.77. The second kappa shape index (κ2) is 11.4. The Kier molecular flexibility index (Phi) is 11.5. The first-order valence-corrected chi connectivity index (χ1v) is 7.85. The predicted octanol–water partition coefficient (Wildman–Crippen LogP) is 5.08. The minimum Gasteiger partial charge on any atom is -0.481 e. The minimum atomic E-state index is -0.792. The largest absolute Gasteiger partial charge is 0.481 e. The lowest BCUT2D eigenvalue weighted by molar-refractivity contribution is -0.146. The van der Waals surface area contributed by atoms with Crippen molar-refractivity contribution in [2.75, 3.05) is 0 Å². The number of carboxylic acid groups (broad SMARTS) is 1. The molecular weight excluding hydrogens is 304 g/mol. The molecule has 0 aromatic rings. The third-order valence-electron chi connectivity index (χ3n) is 2.92. The van der Waals surface area contributed by atoms with Gasteiger partial charge in [0.05, 0.1) is 5.92 Å². The van der Waals surface area contributed by atoms with Crippen LogP contribution in [0.4, 0.5) is 0 Å². The number of esters is 1. The molecule has 0 bridgehead atoms. The highest BCUT2D eigenvalue weighted by Crippen LogP contribution is 2.14. The van der Waals surface area contributed by atoms with Crippen LogP contribution >= 0.6 is 0 Å². The van der Waals surface area contributed by atoms with Crippen molar-refractivity contribution in [2.45, 2.75) is 60.5 Å². The van der Waals surface area contributed by atoms with Gasteiger partial charge in [-0.3, -0.25) is 4.79 Å². The lowest BCUT2D eigenvalue weighted by atomic mass is 9.97. The van der Waals surface area contributed by atoms with Crippen LogP contribution in [0.5, 0.6) is 0 Å². The third kappa shape index (κ3) is 13.6. The molecule has 0 amide bonds. The number of aliphatic carboxylic acids is 1. The van der Waals surface area contributed by atoms with Crippen LogP contribution in [0.25, 0.3) is 0 Å². The normalized spacial score (nSPS) is 11.1. The maximum Gasteiger partial charge on any atom is 0.331 e. The molecule has 1 N–H and O–H groups in total. The van der Waals surface area contributed by atoms with Crippen molar-refractivity contribution in [1.29, 1.82) is 0 Å². The van der Waals surface area contributed by atoms with Crippen molar-refractivity contribution in [3.05, 3.63) is 48.1 Å². The van der Waals surface area contributed by atoms with E-state index in [9.17, 15) is 9.59 Å². The molecule has 0 aliphatic carbocycles. The molecule has 0 saturated carbocycles. The fourth-order valence-corrected chi connectivity index (χ4v) is 1.43. The number of allylic oxidation sites excluding steroid dienone is 3. The highest BCUT2D eigenvalue weighted by atomic mass is 16.6. The zero-order valence-electron chi connectivity index (χ0n) is 16.1. The van der Waals surface area contributed by atoms with Crippen LogP contribution in [0.15, 0.2) is 48.1 Å². The Labute approximate surface area is 146 Å². The van der Waals surface area contributed by atoms with Gasteiger partial charge in [-0.05, 0) is 61.0 Å². The Morgan fingerprint density at radius 2 is 1.62 bits per heavy atom. The van der Waals surface area contributed by atoms with E-state index in [-0.39, 0.29) is 5.97 Å². The van der Waals surface area contributed by atoms with Crippen molar-refractivity contribution >= 4 is 11.9 Å². The number of ether oxygens (including phenoxy) is 1. The zero-order valence-corrected chi connectivity index (χ0v) is 16.1. The molecule has 0 aromatic heterocycles. The van der Waals surface area contributed by atoms with Gasteiger partial charge < -0.3 is 9.84 Å². The summed E-state index contributed by atoms with van der Waals surface area (Å²) in [6.45, 7) is 20.1. The average Bonchev–Trinajstić information content (AvgIpc) is 2.36. The lowest BCUT2D eigenvalue weighted by Gasteiger charge is -2.19. The summed E-state index contributed by atoms with van der Waals surface area (Å²) in [6, 6.07) is 0. The van der Waals surface area contributed by atoms with E-state index in [1.807, 2.05) is 33.8 Å². The van der Waals surface area contributed by atoms with Crippen molar-refractivity contribution < 1.29 is 19.4 Å². The maximum absolute atomic E-state index is 11.1. The van der Waals surface area contributed by atoms with Gasteiger partial charge in [-0.2, -0.15) is 0 Å². The van der Waals surface area contributed by atoms with Crippen molar-refractivity contribution in [2.24, 2.45) is 5.92 Å². The quantitative estimate of drug-likeness (QED) is 0.400. The van der Waals surface area contributed by atoms with Gasteiger partial charge in [0.15, 0.2) is 0 Å². The van der Waals surface area contributed by atoms with Gasteiger partial charge in [-0.15, -0.1) is 0 Å². The first kappa shape index (κ1) is 24.2. The molecule has 1 unspecified atom stereocenters. The van der Waals surface area contributed by atoms with E-state index in [0.717, 1.165) is 11.1 Å². The van der Waals surface area contributed by atoms with Crippen LogP contribution in [-0.2, 0) is 14.3 Å². The molecule has 0 aromatic carbocycles. The zero-order chi connectivity index (χ0) is 19.5. The molecule has 24 heavy (non-hydrogen) atoms. The maximum atomic E-state index is 11.1. The summed E-state index contributed by atoms with van der Waals surface area (Å²) in [6.07, 6.45) is 5.54. The summed E-state index contributed by atoms with van der Waals surface area (Å²) < 4.78 is 5.06. The Morgan fingerprint density at radius 1 is 1.12 bits per heavy atom. The topological polar surface area (TPSA) is 63.6 Å². The summed E-state index contributed by atoms with van der Waals surface area (Å²) >= 11 is 0. The van der Waals surface area contributed by atoms with Crippen LogP contribution < -0.4 is 0 Å². The van der Waals surface area contributed by atoms with Gasteiger partial charge in [0.2, 0.25) is 0 Å². The number of hydrogen-bond donors (Lipinski definition) is 1. The predicted molar refractivity (Wildman–Crippen MR) is 99.8 cm³/mol. The van der Waals surface area contributed by atoms with Crippen LogP contribution in [0, 0.1) is 5.92 Å². The summed E-state index contributed by atoms with van der Waals surface area (Å²) in [5.74, 6) is -1.54. The van der Waals surface area contributed by atoms with Gasteiger partial charge in [0.25, 0.3) is 0 Å². The monoisotopic (exact) mass is 336 g/mol. The van der Waals surface area contributed by atoms with Gasteiger partial charge in [0.1, 0.15) is 5.60 Å². The number of hydrogen-bond acceptors (Lipinski definition) is 3. The third-order valence-corrected chi connectivity index (χ3v) is 2.92. The Bertz CT molecular complexity index is 500. The lowest BCUT2D eigenvalue weighted by Crippen LogP contribution is -2.24. The molecule has 0 radical (unpaired) electrons. The first-order valence-electron chi connectivity index (χ1n) is 7.85. The van der Waals surface area contributed by atoms with E-state index >= 15 is 0 Å². The van der Waals surface area contributed by atoms with E-state index in [2.05, 4.69) is 13.2 Å². The molecule has 0 aliphatic rings. The van der Waals surface area contributed by atoms with Gasteiger partial charge in [-0.1, -0.05) is 36.0 Å². The molecule has 4 heteroatoms. The summed E-state index contributed by atoms with van der Waals surface area (Å²) in [5.41, 5.74) is 2.20. The molecule has 0 rings (SSSR count). The molecule has 0 spiro atoms.